The first-order valence-corrected chi connectivity index (χ1v) is 7.06. The third-order valence-corrected chi connectivity index (χ3v) is 2.64. The van der Waals surface area contributed by atoms with E-state index < -0.39 is 0 Å². The Morgan fingerprint density at radius 1 is 1.14 bits per heavy atom. The summed E-state index contributed by atoms with van der Waals surface area (Å²) in [6, 6.07) is 7.46. The van der Waals surface area contributed by atoms with Crippen molar-refractivity contribution in [3.8, 4) is 5.75 Å². The summed E-state index contributed by atoms with van der Waals surface area (Å²) in [4.78, 5) is 11.5. The molecular formula is C15H24N2O4. The minimum atomic E-state index is -0.0657. The van der Waals surface area contributed by atoms with Crippen molar-refractivity contribution in [1.82, 2.24) is 5.32 Å². The van der Waals surface area contributed by atoms with Crippen LogP contribution < -0.4 is 15.4 Å². The molecule has 0 bridgehead atoms. The van der Waals surface area contributed by atoms with E-state index in [1.54, 1.807) is 7.11 Å². The molecule has 0 aliphatic carbocycles. The van der Waals surface area contributed by atoms with Gasteiger partial charge >= 0.3 is 0 Å². The summed E-state index contributed by atoms with van der Waals surface area (Å²) in [5.74, 6) is 0.717. The number of methoxy groups -OCH3 is 1. The molecule has 2 N–H and O–H groups in total. The quantitative estimate of drug-likeness (QED) is 0.602. The average molecular weight is 296 g/mol. The fraction of sp³-hybridized carbons (Fsp3) is 0.533. The van der Waals surface area contributed by atoms with E-state index in [1.807, 2.05) is 31.2 Å². The summed E-state index contributed by atoms with van der Waals surface area (Å²) in [7, 11) is 1.60. The van der Waals surface area contributed by atoms with Crippen LogP contribution in [0, 0.1) is 0 Å². The smallest absolute Gasteiger partial charge is 0.239 e. The van der Waals surface area contributed by atoms with Crippen molar-refractivity contribution in [3.63, 3.8) is 0 Å². The number of nitrogens with one attached hydrogen (secondary N) is 2. The van der Waals surface area contributed by atoms with Crippen LogP contribution in [0.3, 0.4) is 0 Å². The Balaban J connectivity index is 2.22. The van der Waals surface area contributed by atoms with Crippen LogP contribution in [-0.2, 0) is 14.3 Å². The van der Waals surface area contributed by atoms with Crippen molar-refractivity contribution in [3.05, 3.63) is 24.3 Å². The summed E-state index contributed by atoms with van der Waals surface area (Å²) >= 11 is 0. The highest BCUT2D eigenvalue weighted by molar-refractivity contribution is 5.80. The number of amides is 1. The zero-order valence-corrected chi connectivity index (χ0v) is 12.7. The normalized spacial score (nSPS) is 10.2. The number of hydrogen-bond donors (Lipinski definition) is 2. The molecule has 0 unspecified atom stereocenters. The van der Waals surface area contributed by atoms with Crippen LogP contribution >= 0.6 is 0 Å². The predicted molar refractivity (Wildman–Crippen MR) is 81.8 cm³/mol. The molecule has 0 aliphatic rings. The summed E-state index contributed by atoms with van der Waals surface area (Å²) in [6.07, 6.45) is 0. The van der Waals surface area contributed by atoms with Gasteiger partial charge in [-0.15, -0.1) is 0 Å². The Morgan fingerprint density at radius 2 is 1.90 bits per heavy atom. The monoisotopic (exact) mass is 296 g/mol. The number of carbonyl (C=O) groups excluding carboxylic acids is 1. The summed E-state index contributed by atoms with van der Waals surface area (Å²) in [5, 5.41) is 5.78. The van der Waals surface area contributed by atoms with Crippen LogP contribution in [0.25, 0.3) is 0 Å². The molecule has 0 saturated carbocycles. The highest BCUT2D eigenvalue weighted by Crippen LogP contribution is 2.15. The van der Waals surface area contributed by atoms with E-state index in [9.17, 15) is 4.79 Å². The van der Waals surface area contributed by atoms with Crippen LogP contribution in [0.1, 0.15) is 6.92 Å². The number of carbonyl (C=O) groups is 1. The van der Waals surface area contributed by atoms with Crippen LogP contribution in [0.5, 0.6) is 5.75 Å². The lowest BCUT2D eigenvalue weighted by Crippen LogP contribution is -2.32. The van der Waals surface area contributed by atoms with Gasteiger partial charge in [0.1, 0.15) is 12.4 Å². The molecule has 1 amide bonds. The van der Waals surface area contributed by atoms with Crippen LogP contribution in [0.4, 0.5) is 5.69 Å². The van der Waals surface area contributed by atoms with E-state index in [-0.39, 0.29) is 12.5 Å². The first-order chi connectivity index (χ1) is 10.3. The second kappa shape index (κ2) is 10.9. The Labute approximate surface area is 125 Å². The van der Waals surface area contributed by atoms with Gasteiger partial charge in [-0.2, -0.15) is 0 Å². The molecule has 1 rings (SSSR count). The number of ether oxygens (including phenoxy) is 3. The number of hydrogen-bond acceptors (Lipinski definition) is 5. The SMILES string of the molecule is CCOCCOc1ccc(NCC(=O)NCCOC)cc1. The molecule has 0 atom stereocenters. The summed E-state index contributed by atoms with van der Waals surface area (Å²) in [6.45, 7) is 5.02. The molecule has 118 valence electrons. The van der Waals surface area contributed by atoms with Crippen LogP contribution in [0.15, 0.2) is 24.3 Å². The minimum Gasteiger partial charge on any atom is -0.491 e. The maximum atomic E-state index is 11.5. The Hall–Kier alpha value is -1.79. The molecule has 1 aromatic carbocycles. The van der Waals surface area contributed by atoms with Gasteiger partial charge < -0.3 is 24.8 Å². The topological polar surface area (TPSA) is 68.8 Å². The lowest BCUT2D eigenvalue weighted by molar-refractivity contribution is -0.119. The zero-order chi connectivity index (χ0) is 15.3. The molecule has 0 saturated heterocycles. The average Bonchev–Trinajstić information content (AvgIpc) is 2.51. The first kappa shape index (κ1) is 17.3. The zero-order valence-electron chi connectivity index (χ0n) is 12.7. The number of benzene rings is 1. The highest BCUT2D eigenvalue weighted by Gasteiger charge is 2.00. The van der Waals surface area contributed by atoms with Crippen molar-refractivity contribution in [2.24, 2.45) is 0 Å². The minimum absolute atomic E-state index is 0.0657. The van der Waals surface area contributed by atoms with E-state index in [0.717, 1.165) is 11.4 Å². The van der Waals surface area contributed by atoms with Crippen molar-refractivity contribution < 1.29 is 19.0 Å². The van der Waals surface area contributed by atoms with Crippen molar-refractivity contribution in [2.75, 3.05) is 51.9 Å². The van der Waals surface area contributed by atoms with Gasteiger partial charge in [0.15, 0.2) is 0 Å². The lowest BCUT2D eigenvalue weighted by atomic mass is 10.3. The molecule has 0 aliphatic heterocycles. The lowest BCUT2D eigenvalue weighted by Gasteiger charge is -2.09. The molecular weight excluding hydrogens is 272 g/mol. The Kier molecular flexibility index (Phi) is 8.99. The fourth-order valence-electron chi connectivity index (χ4n) is 1.57. The molecule has 0 radical (unpaired) electrons. The van der Waals surface area contributed by atoms with Crippen molar-refractivity contribution in [2.45, 2.75) is 6.92 Å². The van der Waals surface area contributed by atoms with Gasteiger partial charge in [-0.25, -0.2) is 0 Å². The molecule has 1 aromatic rings. The van der Waals surface area contributed by atoms with Gasteiger partial charge in [-0.05, 0) is 31.2 Å². The molecule has 0 heterocycles. The van der Waals surface area contributed by atoms with E-state index in [0.29, 0.717) is 33.0 Å². The first-order valence-electron chi connectivity index (χ1n) is 7.06. The molecule has 0 fully saturated rings. The van der Waals surface area contributed by atoms with Crippen LogP contribution in [0.2, 0.25) is 0 Å². The molecule has 6 heteroatoms. The molecule has 0 aromatic heterocycles. The van der Waals surface area contributed by atoms with Gasteiger partial charge in [-0.1, -0.05) is 0 Å². The third kappa shape index (κ3) is 8.16. The van der Waals surface area contributed by atoms with Gasteiger partial charge in [-0.3, -0.25) is 4.79 Å². The van der Waals surface area contributed by atoms with Gasteiger partial charge in [0, 0.05) is 25.9 Å². The maximum Gasteiger partial charge on any atom is 0.239 e. The van der Waals surface area contributed by atoms with Crippen molar-refractivity contribution in [1.29, 1.82) is 0 Å². The Bertz CT molecular complexity index is 395. The second-order valence-corrected chi connectivity index (χ2v) is 4.27. The van der Waals surface area contributed by atoms with Crippen molar-refractivity contribution >= 4 is 11.6 Å². The van der Waals surface area contributed by atoms with E-state index in [1.165, 1.54) is 0 Å². The van der Waals surface area contributed by atoms with Gasteiger partial charge in [0.25, 0.3) is 0 Å². The standard InChI is InChI=1S/C15H24N2O4/c1-3-20-10-11-21-14-6-4-13(5-7-14)17-12-15(18)16-8-9-19-2/h4-7,17H,3,8-12H2,1-2H3,(H,16,18). The number of rotatable bonds is 11. The van der Waals surface area contributed by atoms with E-state index in [2.05, 4.69) is 10.6 Å². The molecule has 0 spiro atoms. The largest absolute Gasteiger partial charge is 0.491 e. The summed E-state index contributed by atoms with van der Waals surface area (Å²) < 4.78 is 15.6. The van der Waals surface area contributed by atoms with Gasteiger partial charge in [0.05, 0.1) is 19.8 Å². The predicted octanol–water partition coefficient (Wildman–Crippen LogP) is 1.28. The Morgan fingerprint density at radius 3 is 2.57 bits per heavy atom. The van der Waals surface area contributed by atoms with Crippen LogP contribution in [-0.4, -0.2) is 52.5 Å². The van der Waals surface area contributed by atoms with Gasteiger partial charge in [0.2, 0.25) is 5.91 Å². The fourth-order valence-corrected chi connectivity index (χ4v) is 1.57. The second-order valence-electron chi connectivity index (χ2n) is 4.27. The molecule has 21 heavy (non-hydrogen) atoms. The highest BCUT2D eigenvalue weighted by atomic mass is 16.5. The number of anilines is 1. The van der Waals surface area contributed by atoms with E-state index >= 15 is 0 Å². The third-order valence-electron chi connectivity index (χ3n) is 2.64. The summed E-state index contributed by atoms with van der Waals surface area (Å²) in [5.41, 5.74) is 0.869. The van der Waals surface area contributed by atoms with E-state index in [4.69, 9.17) is 14.2 Å². The molecule has 6 nitrogen and oxygen atoms in total. The maximum absolute atomic E-state index is 11.5.